The third kappa shape index (κ3) is 1.74. The Morgan fingerprint density at radius 1 is 1.20 bits per heavy atom. The molecule has 1 aromatic carbocycles. The van der Waals surface area contributed by atoms with Crippen molar-refractivity contribution in [3.8, 4) is 0 Å². The van der Waals surface area contributed by atoms with Gasteiger partial charge >= 0.3 is 0 Å². The van der Waals surface area contributed by atoms with E-state index in [-0.39, 0.29) is 0 Å². The minimum absolute atomic E-state index is 0.640. The molecule has 2 nitrogen and oxygen atoms in total. The number of piperidine rings is 1. The number of thioether (sulfide) groups is 1. The quantitative estimate of drug-likeness (QED) is 0.824. The maximum absolute atomic E-state index is 5.59. The number of rotatable bonds is 2. The van der Waals surface area contributed by atoms with E-state index in [9.17, 15) is 0 Å². The van der Waals surface area contributed by atoms with E-state index in [1.807, 2.05) is 0 Å². The molecule has 2 atom stereocenters. The molecule has 0 aromatic heterocycles. The summed E-state index contributed by atoms with van der Waals surface area (Å²) in [5, 5.41) is 1.77. The summed E-state index contributed by atoms with van der Waals surface area (Å²) < 4.78 is 0. The van der Waals surface area contributed by atoms with Crippen molar-refractivity contribution < 1.29 is 0 Å². The van der Waals surface area contributed by atoms with Gasteiger partial charge in [-0.15, -0.1) is 0 Å². The van der Waals surface area contributed by atoms with Crippen LogP contribution in [0.25, 0.3) is 0 Å². The summed E-state index contributed by atoms with van der Waals surface area (Å²) in [7, 11) is 0. The lowest BCUT2D eigenvalue weighted by molar-refractivity contribution is 0.558. The fourth-order valence-corrected chi connectivity index (χ4v) is 3.81. The Morgan fingerprint density at radius 3 is 2.33 bits per heavy atom. The Morgan fingerprint density at radius 2 is 1.80 bits per heavy atom. The standard InChI is InChI=1S/C12H16N2S/c13-6-9-1-3-10(4-2-9)14-7-11-5-12(8-14)15-11/h1-4,11-12H,5-8,13H2. The summed E-state index contributed by atoms with van der Waals surface area (Å²) in [4.78, 5) is 2.51. The Balaban J connectivity index is 1.75. The number of nitrogens with two attached hydrogens (primary N) is 1. The Kier molecular flexibility index (Phi) is 2.37. The minimum atomic E-state index is 0.640. The van der Waals surface area contributed by atoms with E-state index in [0.29, 0.717) is 6.54 Å². The molecule has 4 rings (SSSR count). The molecule has 3 saturated heterocycles. The van der Waals surface area contributed by atoms with Gasteiger partial charge in [0, 0.05) is 35.8 Å². The number of nitrogens with zero attached hydrogens (tertiary/aromatic N) is 1. The fraction of sp³-hybridized carbons (Fsp3) is 0.500. The molecule has 0 amide bonds. The molecule has 3 heterocycles. The van der Waals surface area contributed by atoms with Crippen molar-refractivity contribution in [1.29, 1.82) is 0 Å². The smallest absolute Gasteiger partial charge is 0.0367 e. The number of fused-ring (bicyclic) bond motifs is 2. The Hall–Kier alpha value is -0.670. The third-order valence-corrected chi connectivity index (χ3v) is 4.75. The Labute approximate surface area is 94.8 Å². The van der Waals surface area contributed by atoms with E-state index in [0.717, 1.165) is 10.5 Å². The second-order valence-electron chi connectivity index (χ2n) is 4.39. The summed E-state index contributed by atoms with van der Waals surface area (Å²) in [5.41, 5.74) is 8.17. The van der Waals surface area contributed by atoms with Crippen molar-refractivity contribution in [3.63, 3.8) is 0 Å². The van der Waals surface area contributed by atoms with Crippen LogP contribution in [0.5, 0.6) is 0 Å². The highest BCUT2D eigenvalue weighted by atomic mass is 32.2. The molecule has 3 fully saturated rings. The zero-order valence-corrected chi connectivity index (χ0v) is 9.54. The first-order chi connectivity index (χ1) is 7.35. The number of hydrogen-bond donors (Lipinski definition) is 1. The molecular weight excluding hydrogens is 204 g/mol. The van der Waals surface area contributed by atoms with Crippen LogP contribution in [0.2, 0.25) is 0 Å². The lowest BCUT2D eigenvalue weighted by Gasteiger charge is -2.47. The summed E-state index contributed by atoms with van der Waals surface area (Å²) >= 11 is 2.16. The van der Waals surface area contributed by atoms with Crippen LogP contribution in [0.4, 0.5) is 5.69 Å². The topological polar surface area (TPSA) is 29.3 Å². The second-order valence-corrected chi connectivity index (χ2v) is 6.00. The maximum atomic E-state index is 5.59. The van der Waals surface area contributed by atoms with Crippen LogP contribution in [0.15, 0.2) is 24.3 Å². The highest BCUT2D eigenvalue weighted by Gasteiger charge is 2.37. The van der Waals surface area contributed by atoms with Crippen LogP contribution >= 0.6 is 11.8 Å². The molecule has 3 aliphatic heterocycles. The molecule has 0 saturated carbocycles. The molecular formula is C12H16N2S. The van der Waals surface area contributed by atoms with Crippen molar-refractivity contribution >= 4 is 17.4 Å². The van der Waals surface area contributed by atoms with E-state index >= 15 is 0 Å². The Bertz CT molecular complexity index is 333. The lowest BCUT2D eigenvalue weighted by Crippen LogP contribution is -2.51. The summed E-state index contributed by atoms with van der Waals surface area (Å²) in [5.74, 6) is 0. The minimum Gasteiger partial charge on any atom is -0.369 e. The molecule has 2 unspecified atom stereocenters. The van der Waals surface area contributed by atoms with Gasteiger partial charge in [-0.1, -0.05) is 12.1 Å². The average Bonchev–Trinajstić information content (AvgIpc) is 2.28. The molecule has 3 aliphatic rings. The van der Waals surface area contributed by atoms with Crippen LogP contribution in [0.3, 0.4) is 0 Å². The molecule has 2 N–H and O–H groups in total. The fourth-order valence-electron chi connectivity index (χ4n) is 2.41. The third-order valence-electron chi connectivity index (χ3n) is 3.30. The van der Waals surface area contributed by atoms with Crippen molar-refractivity contribution in [2.45, 2.75) is 23.5 Å². The normalized spacial score (nSPS) is 28.7. The number of hydrogen-bond acceptors (Lipinski definition) is 3. The van der Waals surface area contributed by atoms with Gasteiger partial charge in [-0.05, 0) is 24.1 Å². The van der Waals surface area contributed by atoms with E-state index in [2.05, 4.69) is 40.9 Å². The van der Waals surface area contributed by atoms with Crippen molar-refractivity contribution in [2.75, 3.05) is 18.0 Å². The van der Waals surface area contributed by atoms with Crippen LogP contribution in [-0.2, 0) is 6.54 Å². The van der Waals surface area contributed by atoms with E-state index in [4.69, 9.17) is 5.73 Å². The molecule has 3 heteroatoms. The van der Waals surface area contributed by atoms with Gasteiger partial charge in [0.2, 0.25) is 0 Å². The first-order valence-electron chi connectivity index (χ1n) is 5.54. The largest absolute Gasteiger partial charge is 0.369 e. The first-order valence-corrected chi connectivity index (χ1v) is 6.49. The van der Waals surface area contributed by atoms with Gasteiger partial charge in [0.25, 0.3) is 0 Å². The van der Waals surface area contributed by atoms with Crippen LogP contribution in [-0.4, -0.2) is 23.6 Å². The highest BCUT2D eigenvalue weighted by Crippen LogP contribution is 2.42. The van der Waals surface area contributed by atoms with Gasteiger partial charge in [-0.25, -0.2) is 0 Å². The summed E-state index contributed by atoms with van der Waals surface area (Å²) in [6.45, 7) is 3.09. The molecule has 2 bridgehead atoms. The van der Waals surface area contributed by atoms with Crippen LogP contribution < -0.4 is 10.6 Å². The molecule has 15 heavy (non-hydrogen) atoms. The maximum Gasteiger partial charge on any atom is 0.0367 e. The predicted octanol–water partition coefficient (Wildman–Crippen LogP) is 1.84. The molecule has 0 aliphatic carbocycles. The van der Waals surface area contributed by atoms with Crippen molar-refractivity contribution in [2.24, 2.45) is 5.73 Å². The monoisotopic (exact) mass is 220 g/mol. The zero-order chi connectivity index (χ0) is 10.3. The highest BCUT2D eigenvalue weighted by molar-refractivity contribution is 8.02. The number of benzene rings is 1. The molecule has 1 aromatic rings. The molecule has 0 spiro atoms. The van der Waals surface area contributed by atoms with Crippen LogP contribution in [0, 0.1) is 0 Å². The van der Waals surface area contributed by atoms with E-state index in [1.54, 1.807) is 0 Å². The average molecular weight is 220 g/mol. The lowest BCUT2D eigenvalue weighted by atomic mass is 10.1. The van der Waals surface area contributed by atoms with Crippen molar-refractivity contribution in [1.82, 2.24) is 0 Å². The van der Waals surface area contributed by atoms with Gasteiger partial charge in [-0.3, -0.25) is 0 Å². The van der Waals surface area contributed by atoms with Gasteiger partial charge in [0.15, 0.2) is 0 Å². The van der Waals surface area contributed by atoms with Gasteiger partial charge < -0.3 is 10.6 Å². The predicted molar refractivity (Wildman–Crippen MR) is 66.3 cm³/mol. The summed E-state index contributed by atoms with van der Waals surface area (Å²) in [6.07, 6.45) is 1.43. The van der Waals surface area contributed by atoms with Gasteiger partial charge in [-0.2, -0.15) is 11.8 Å². The van der Waals surface area contributed by atoms with E-state index in [1.165, 1.54) is 30.8 Å². The second kappa shape index (κ2) is 3.72. The zero-order valence-electron chi connectivity index (χ0n) is 8.73. The van der Waals surface area contributed by atoms with E-state index < -0.39 is 0 Å². The number of anilines is 1. The van der Waals surface area contributed by atoms with Crippen LogP contribution in [0.1, 0.15) is 12.0 Å². The SMILES string of the molecule is NCc1ccc(N2CC3CC(C2)S3)cc1. The van der Waals surface area contributed by atoms with Gasteiger partial charge in [0.1, 0.15) is 0 Å². The van der Waals surface area contributed by atoms with Crippen molar-refractivity contribution in [3.05, 3.63) is 29.8 Å². The molecule has 80 valence electrons. The first kappa shape index (κ1) is 9.55. The summed E-state index contributed by atoms with van der Waals surface area (Å²) in [6, 6.07) is 8.70. The van der Waals surface area contributed by atoms with Gasteiger partial charge in [0.05, 0.1) is 0 Å². The molecule has 0 radical (unpaired) electrons.